The first-order valence-electron chi connectivity index (χ1n) is 5.74. The third-order valence-corrected chi connectivity index (χ3v) is 3.27. The minimum atomic E-state index is 0.0478. The zero-order chi connectivity index (χ0) is 13.1. The molecule has 0 fully saturated rings. The molecule has 0 heterocycles. The molecular weight excluding hydrogens is 248 g/mol. The number of rotatable bonds is 3. The molecule has 0 saturated carbocycles. The molecule has 0 bridgehead atoms. The number of aliphatic hydroxyl groups is 1. The molecule has 2 aromatic carbocycles. The highest BCUT2D eigenvalue weighted by Gasteiger charge is 2.03. The molecule has 0 atom stereocenters. The predicted octanol–water partition coefficient (Wildman–Crippen LogP) is 4.24. The van der Waals surface area contributed by atoms with Crippen LogP contribution in [0.15, 0.2) is 36.4 Å². The van der Waals surface area contributed by atoms with Crippen molar-refractivity contribution in [2.45, 2.75) is 20.5 Å². The maximum absolute atomic E-state index is 9.11. The highest BCUT2D eigenvalue weighted by molar-refractivity contribution is 6.31. The summed E-state index contributed by atoms with van der Waals surface area (Å²) >= 11 is 5.97. The van der Waals surface area contributed by atoms with Crippen molar-refractivity contribution in [2.24, 2.45) is 0 Å². The zero-order valence-corrected chi connectivity index (χ0v) is 11.2. The summed E-state index contributed by atoms with van der Waals surface area (Å²) in [4.78, 5) is 0. The van der Waals surface area contributed by atoms with Crippen LogP contribution in [-0.4, -0.2) is 5.11 Å². The molecule has 0 saturated heterocycles. The van der Waals surface area contributed by atoms with E-state index in [0.717, 1.165) is 33.2 Å². The number of aryl methyl sites for hydroxylation is 2. The average molecular weight is 263 g/mol. The fourth-order valence-corrected chi connectivity index (χ4v) is 1.84. The summed E-state index contributed by atoms with van der Waals surface area (Å²) in [6.45, 7) is 3.94. The Morgan fingerprint density at radius 3 is 2.17 bits per heavy atom. The van der Waals surface area contributed by atoms with Gasteiger partial charge in [-0.1, -0.05) is 17.7 Å². The highest BCUT2D eigenvalue weighted by Crippen LogP contribution is 2.27. The van der Waals surface area contributed by atoms with Crippen LogP contribution in [0.4, 0.5) is 0 Å². The molecule has 0 aliphatic carbocycles. The first-order chi connectivity index (χ1) is 8.60. The maximum atomic E-state index is 9.11. The van der Waals surface area contributed by atoms with Gasteiger partial charge in [0.15, 0.2) is 0 Å². The van der Waals surface area contributed by atoms with Gasteiger partial charge in [0.25, 0.3) is 0 Å². The normalized spacial score (nSPS) is 10.4. The van der Waals surface area contributed by atoms with E-state index in [1.807, 2.05) is 50.2 Å². The third-order valence-electron chi connectivity index (χ3n) is 2.85. The van der Waals surface area contributed by atoms with Gasteiger partial charge < -0.3 is 9.84 Å². The second-order valence-corrected chi connectivity index (χ2v) is 4.67. The molecule has 0 radical (unpaired) electrons. The van der Waals surface area contributed by atoms with Crippen molar-refractivity contribution in [1.82, 2.24) is 0 Å². The van der Waals surface area contributed by atoms with Crippen molar-refractivity contribution in [3.63, 3.8) is 0 Å². The first-order valence-corrected chi connectivity index (χ1v) is 6.12. The van der Waals surface area contributed by atoms with Crippen molar-refractivity contribution < 1.29 is 9.84 Å². The molecular formula is C15H15ClO2. The van der Waals surface area contributed by atoms with Gasteiger partial charge in [0.2, 0.25) is 0 Å². The van der Waals surface area contributed by atoms with Gasteiger partial charge in [-0.25, -0.2) is 0 Å². The Bertz CT molecular complexity index is 564. The van der Waals surface area contributed by atoms with Gasteiger partial charge in [0.1, 0.15) is 11.5 Å². The Kier molecular flexibility index (Phi) is 3.90. The molecule has 1 N–H and O–H groups in total. The predicted molar refractivity (Wildman–Crippen MR) is 73.4 cm³/mol. The largest absolute Gasteiger partial charge is 0.457 e. The minimum absolute atomic E-state index is 0.0478. The Morgan fingerprint density at radius 2 is 1.61 bits per heavy atom. The molecule has 94 valence electrons. The molecule has 0 unspecified atom stereocenters. The van der Waals surface area contributed by atoms with Crippen LogP contribution in [0.3, 0.4) is 0 Å². The fraction of sp³-hybridized carbons (Fsp3) is 0.200. The molecule has 0 aliphatic rings. The number of aliphatic hydroxyl groups excluding tert-OH is 1. The van der Waals surface area contributed by atoms with E-state index in [4.69, 9.17) is 21.4 Å². The Labute approximate surface area is 112 Å². The lowest BCUT2D eigenvalue weighted by atomic mass is 10.1. The van der Waals surface area contributed by atoms with Gasteiger partial charge in [-0.05, 0) is 60.9 Å². The highest BCUT2D eigenvalue weighted by atomic mass is 35.5. The van der Waals surface area contributed by atoms with Crippen LogP contribution in [0.2, 0.25) is 5.02 Å². The van der Waals surface area contributed by atoms with Gasteiger partial charge in [-0.15, -0.1) is 0 Å². The second kappa shape index (κ2) is 5.42. The number of ether oxygens (including phenoxy) is 1. The van der Waals surface area contributed by atoms with Crippen LogP contribution in [0.5, 0.6) is 11.5 Å². The van der Waals surface area contributed by atoms with Crippen molar-refractivity contribution in [3.05, 3.63) is 58.1 Å². The Hall–Kier alpha value is -1.51. The summed E-state index contributed by atoms with van der Waals surface area (Å²) in [7, 11) is 0. The quantitative estimate of drug-likeness (QED) is 0.896. The van der Waals surface area contributed by atoms with Crippen molar-refractivity contribution in [2.75, 3.05) is 0 Å². The number of halogens is 1. The van der Waals surface area contributed by atoms with E-state index in [2.05, 4.69) is 0 Å². The van der Waals surface area contributed by atoms with E-state index in [9.17, 15) is 0 Å². The smallest absolute Gasteiger partial charge is 0.127 e. The number of hydrogen-bond donors (Lipinski definition) is 1. The van der Waals surface area contributed by atoms with Gasteiger partial charge in [-0.3, -0.25) is 0 Å². The lowest BCUT2D eigenvalue weighted by molar-refractivity contribution is 0.281. The van der Waals surface area contributed by atoms with E-state index in [0.29, 0.717) is 0 Å². The molecule has 2 aromatic rings. The van der Waals surface area contributed by atoms with Crippen LogP contribution in [0.25, 0.3) is 0 Å². The molecule has 2 rings (SSSR count). The molecule has 0 spiro atoms. The van der Waals surface area contributed by atoms with Crippen molar-refractivity contribution in [1.29, 1.82) is 0 Å². The summed E-state index contributed by atoms with van der Waals surface area (Å²) in [6, 6.07) is 11.2. The molecule has 0 aromatic heterocycles. The zero-order valence-electron chi connectivity index (χ0n) is 10.4. The van der Waals surface area contributed by atoms with Crippen LogP contribution in [-0.2, 0) is 6.61 Å². The van der Waals surface area contributed by atoms with Crippen molar-refractivity contribution in [3.8, 4) is 11.5 Å². The number of hydrogen-bond acceptors (Lipinski definition) is 2. The average Bonchev–Trinajstić information content (AvgIpc) is 2.34. The molecule has 18 heavy (non-hydrogen) atoms. The van der Waals surface area contributed by atoms with Gasteiger partial charge in [0.05, 0.1) is 6.61 Å². The third kappa shape index (κ3) is 2.84. The van der Waals surface area contributed by atoms with Gasteiger partial charge >= 0.3 is 0 Å². The SMILES string of the molecule is Cc1cc(Oc2ccc(CO)c(C)c2)ccc1Cl. The summed E-state index contributed by atoms with van der Waals surface area (Å²) in [5, 5.41) is 9.84. The van der Waals surface area contributed by atoms with Crippen LogP contribution in [0.1, 0.15) is 16.7 Å². The minimum Gasteiger partial charge on any atom is -0.457 e. The fourth-order valence-electron chi connectivity index (χ4n) is 1.73. The summed E-state index contributed by atoms with van der Waals surface area (Å²) in [6.07, 6.45) is 0. The van der Waals surface area contributed by atoms with Crippen LogP contribution < -0.4 is 4.74 Å². The molecule has 2 nitrogen and oxygen atoms in total. The molecule has 0 aliphatic heterocycles. The van der Waals surface area contributed by atoms with Gasteiger partial charge in [-0.2, -0.15) is 0 Å². The lowest BCUT2D eigenvalue weighted by Gasteiger charge is -2.09. The standard InChI is InChI=1S/C15H15ClO2/c1-10-7-13(4-3-12(10)9-17)18-14-5-6-15(16)11(2)8-14/h3-8,17H,9H2,1-2H3. The molecule has 3 heteroatoms. The van der Waals surface area contributed by atoms with E-state index in [1.165, 1.54) is 0 Å². The summed E-state index contributed by atoms with van der Waals surface area (Å²) < 4.78 is 5.75. The van der Waals surface area contributed by atoms with E-state index < -0.39 is 0 Å². The molecule has 0 amide bonds. The topological polar surface area (TPSA) is 29.5 Å². The van der Waals surface area contributed by atoms with E-state index in [1.54, 1.807) is 0 Å². The monoisotopic (exact) mass is 262 g/mol. The summed E-state index contributed by atoms with van der Waals surface area (Å²) in [5.41, 5.74) is 2.91. The van der Waals surface area contributed by atoms with Crippen molar-refractivity contribution >= 4 is 11.6 Å². The first kappa shape index (κ1) is 12.9. The Balaban J connectivity index is 2.23. The lowest BCUT2D eigenvalue weighted by Crippen LogP contribution is -1.91. The second-order valence-electron chi connectivity index (χ2n) is 4.26. The van der Waals surface area contributed by atoms with E-state index in [-0.39, 0.29) is 6.61 Å². The number of benzene rings is 2. The Morgan fingerprint density at radius 1 is 1.00 bits per heavy atom. The van der Waals surface area contributed by atoms with Crippen LogP contribution >= 0.6 is 11.6 Å². The summed E-state index contributed by atoms with van der Waals surface area (Å²) in [5.74, 6) is 1.51. The van der Waals surface area contributed by atoms with E-state index >= 15 is 0 Å². The van der Waals surface area contributed by atoms with Crippen LogP contribution in [0, 0.1) is 13.8 Å². The van der Waals surface area contributed by atoms with Gasteiger partial charge in [0, 0.05) is 5.02 Å². The maximum Gasteiger partial charge on any atom is 0.127 e.